The van der Waals surface area contributed by atoms with Crippen LogP contribution in [0.2, 0.25) is 0 Å². The first-order chi connectivity index (χ1) is 8.24. The van der Waals surface area contributed by atoms with Gasteiger partial charge in [-0.25, -0.2) is 0 Å². The number of nitrogens with zero attached hydrogens (tertiary/aromatic N) is 1. The topological polar surface area (TPSA) is 33.0 Å². The van der Waals surface area contributed by atoms with Crippen molar-refractivity contribution in [1.29, 1.82) is 5.26 Å². The van der Waals surface area contributed by atoms with Gasteiger partial charge in [-0.2, -0.15) is 5.26 Å². The third-order valence-corrected chi connectivity index (χ3v) is 2.91. The molecular formula is C14H11NOS. The normalized spacial score (nSPS) is 9.71. The van der Waals surface area contributed by atoms with Gasteiger partial charge >= 0.3 is 0 Å². The molecule has 2 aromatic rings. The highest BCUT2D eigenvalue weighted by Gasteiger charge is 2.02. The van der Waals surface area contributed by atoms with Gasteiger partial charge in [-0.15, -0.1) is 12.6 Å². The standard InChI is InChI=1S/C14H11NOS/c1-16-13-6-4-10(5-7-13)11-2-3-12(9-15)14(17)8-11/h2-8,17H,1H3. The van der Waals surface area contributed by atoms with Crippen LogP contribution in [0.5, 0.6) is 5.75 Å². The number of nitriles is 1. The van der Waals surface area contributed by atoms with Gasteiger partial charge in [0.05, 0.1) is 12.7 Å². The molecule has 0 aromatic heterocycles. The molecule has 0 saturated heterocycles. The van der Waals surface area contributed by atoms with Gasteiger partial charge in [0.15, 0.2) is 0 Å². The second-order valence-electron chi connectivity index (χ2n) is 3.57. The number of thiol groups is 1. The minimum Gasteiger partial charge on any atom is -0.497 e. The zero-order valence-electron chi connectivity index (χ0n) is 9.34. The van der Waals surface area contributed by atoms with Gasteiger partial charge in [0.1, 0.15) is 11.8 Å². The van der Waals surface area contributed by atoms with E-state index in [1.807, 2.05) is 36.4 Å². The van der Waals surface area contributed by atoms with E-state index < -0.39 is 0 Å². The van der Waals surface area contributed by atoms with Crippen molar-refractivity contribution < 1.29 is 4.74 Å². The van der Waals surface area contributed by atoms with E-state index in [-0.39, 0.29) is 0 Å². The van der Waals surface area contributed by atoms with Crippen molar-refractivity contribution in [1.82, 2.24) is 0 Å². The summed E-state index contributed by atoms with van der Waals surface area (Å²) in [6, 6.07) is 15.5. The van der Waals surface area contributed by atoms with E-state index >= 15 is 0 Å². The molecule has 0 atom stereocenters. The molecule has 0 saturated carbocycles. The summed E-state index contributed by atoms with van der Waals surface area (Å²) >= 11 is 4.29. The van der Waals surface area contributed by atoms with E-state index in [0.29, 0.717) is 10.5 Å². The lowest BCUT2D eigenvalue weighted by Crippen LogP contribution is -1.84. The molecule has 0 amide bonds. The van der Waals surface area contributed by atoms with Crippen LogP contribution in [-0.4, -0.2) is 7.11 Å². The molecule has 0 bridgehead atoms. The Kier molecular flexibility index (Phi) is 3.36. The number of rotatable bonds is 2. The first kappa shape index (κ1) is 11.6. The van der Waals surface area contributed by atoms with Gasteiger partial charge < -0.3 is 4.74 Å². The summed E-state index contributed by atoms with van der Waals surface area (Å²) < 4.78 is 5.11. The minimum absolute atomic E-state index is 0.589. The van der Waals surface area contributed by atoms with E-state index in [2.05, 4.69) is 18.7 Å². The summed E-state index contributed by atoms with van der Waals surface area (Å²) in [7, 11) is 1.64. The van der Waals surface area contributed by atoms with E-state index in [1.165, 1.54) is 0 Å². The maximum atomic E-state index is 8.83. The zero-order chi connectivity index (χ0) is 12.3. The van der Waals surface area contributed by atoms with Gasteiger partial charge in [0, 0.05) is 4.90 Å². The first-order valence-corrected chi connectivity index (χ1v) is 5.57. The summed E-state index contributed by atoms with van der Waals surface area (Å²) in [6.45, 7) is 0. The molecule has 0 spiro atoms. The van der Waals surface area contributed by atoms with Crippen molar-refractivity contribution in [3.63, 3.8) is 0 Å². The number of methoxy groups -OCH3 is 1. The van der Waals surface area contributed by atoms with Crippen LogP contribution in [-0.2, 0) is 0 Å². The fourth-order valence-electron chi connectivity index (χ4n) is 1.59. The molecule has 0 unspecified atom stereocenters. The van der Waals surface area contributed by atoms with Crippen molar-refractivity contribution in [3.05, 3.63) is 48.0 Å². The van der Waals surface area contributed by atoms with Crippen LogP contribution in [0.15, 0.2) is 47.4 Å². The highest BCUT2D eigenvalue weighted by atomic mass is 32.1. The lowest BCUT2D eigenvalue weighted by atomic mass is 10.0. The Balaban J connectivity index is 2.40. The largest absolute Gasteiger partial charge is 0.497 e. The Labute approximate surface area is 106 Å². The summed E-state index contributed by atoms with van der Waals surface area (Å²) in [4.78, 5) is 0.695. The Morgan fingerprint density at radius 3 is 2.24 bits per heavy atom. The predicted octanol–water partition coefficient (Wildman–Crippen LogP) is 3.52. The molecule has 84 valence electrons. The predicted molar refractivity (Wildman–Crippen MR) is 70.4 cm³/mol. The lowest BCUT2D eigenvalue weighted by molar-refractivity contribution is 0.415. The third kappa shape index (κ3) is 2.43. The average Bonchev–Trinajstić information content (AvgIpc) is 2.39. The average molecular weight is 241 g/mol. The molecule has 3 heteroatoms. The minimum atomic E-state index is 0.589. The molecule has 17 heavy (non-hydrogen) atoms. The maximum Gasteiger partial charge on any atom is 0.118 e. The highest BCUT2D eigenvalue weighted by Crippen LogP contribution is 2.25. The molecule has 0 aliphatic carbocycles. The second kappa shape index (κ2) is 4.94. The summed E-state index contributed by atoms with van der Waals surface area (Å²) in [6.07, 6.45) is 0. The highest BCUT2D eigenvalue weighted by molar-refractivity contribution is 7.80. The summed E-state index contributed by atoms with van der Waals surface area (Å²) in [5.74, 6) is 0.827. The molecule has 0 aliphatic rings. The van der Waals surface area contributed by atoms with Crippen molar-refractivity contribution in [3.8, 4) is 22.9 Å². The van der Waals surface area contributed by atoms with Crippen LogP contribution in [0.25, 0.3) is 11.1 Å². The fourth-order valence-corrected chi connectivity index (χ4v) is 1.85. The molecule has 2 rings (SSSR count). The molecule has 2 nitrogen and oxygen atoms in total. The third-order valence-electron chi connectivity index (χ3n) is 2.54. The number of hydrogen-bond donors (Lipinski definition) is 1. The van der Waals surface area contributed by atoms with Crippen LogP contribution in [0.4, 0.5) is 0 Å². The van der Waals surface area contributed by atoms with Crippen molar-refractivity contribution in [2.24, 2.45) is 0 Å². The van der Waals surface area contributed by atoms with Crippen molar-refractivity contribution in [2.75, 3.05) is 7.11 Å². The molecule has 0 N–H and O–H groups in total. The van der Waals surface area contributed by atoms with Crippen molar-refractivity contribution >= 4 is 12.6 Å². The van der Waals surface area contributed by atoms with Gasteiger partial charge in [-0.3, -0.25) is 0 Å². The van der Waals surface area contributed by atoms with Crippen LogP contribution in [0.3, 0.4) is 0 Å². The van der Waals surface area contributed by atoms with Gasteiger partial charge in [0.2, 0.25) is 0 Å². The van der Waals surface area contributed by atoms with Gasteiger partial charge in [0.25, 0.3) is 0 Å². The maximum absolute atomic E-state index is 8.83. The molecule has 0 aliphatic heterocycles. The van der Waals surface area contributed by atoms with Crippen molar-refractivity contribution in [2.45, 2.75) is 4.90 Å². The Hall–Kier alpha value is -1.92. The number of hydrogen-bond acceptors (Lipinski definition) is 3. The van der Waals surface area contributed by atoms with E-state index in [4.69, 9.17) is 10.00 Å². The van der Waals surface area contributed by atoms with Gasteiger partial charge in [-0.05, 0) is 35.4 Å². The van der Waals surface area contributed by atoms with Crippen LogP contribution in [0.1, 0.15) is 5.56 Å². The summed E-state index contributed by atoms with van der Waals surface area (Å²) in [5.41, 5.74) is 2.70. The molecule has 0 heterocycles. The molecular weight excluding hydrogens is 230 g/mol. The first-order valence-electron chi connectivity index (χ1n) is 5.12. The monoisotopic (exact) mass is 241 g/mol. The van der Waals surface area contributed by atoms with E-state index in [0.717, 1.165) is 16.9 Å². The van der Waals surface area contributed by atoms with Crippen LogP contribution >= 0.6 is 12.6 Å². The lowest BCUT2D eigenvalue weighted by Gasteiger charge is -2.05. The fraction of sp³-hybridized carbons (Fsp3) is 0.0714. The van der Waals surface area contributed by atoms with E-state index in [1.54, 1.807) is 13.2 Å². The van der Waals surface area contributed by atoms with E-state index in [9.17, 15) is 0 Å². The molecule has 0 fully saturated rings. The van der Waals surface area contributed by atoms with Crippen LogP contribution in [0, 0.1) is 11.3 Å². The smallest absolute Gasteiger partial charge is 0.118 e. The SMILES string of the molecule is COc1ccc(-c2ccc(C#N)c(S)c2)cc1. The van der Waals surface area contributed by atoms with Gasteiger partial charge in [-0.1, -0.05) is 18.2 Å². The molecule has 0 radical (unpaired) electrons. The Morgan fingerprint density at radius 1 is 1.06 bits per heavy atom. The quantitative estimate of drug-likeness (QED) is 0.816. The second-order valence-corrected chi connectivity index (χ2v) is 4.05. The Bertz CT molecular complexity index is 570. The van der Waals surface area contributed by atoms with Crippen LogP contribution < -0.4 is 4.74 Å². The Morgan fingerprint density at radius 2 is 1.71 bits per heavy atom. The summed E-state index contributed by atoms with van der Waals surface area (Å²) in [5, 5.41) is 8.83. The number of ether oxygens (including phenoxy) is 1. The number of benzene rings is 2. The molecule has 2 aromatic carbocycles. The zero-order valence-corrected chi connectivity index (χ0v) is 10.2.